The Labute approximate surface area is 93.6 Å². The fourth-order valence-corrected chi connectivity index (χ4v) is 1.64. The molecule has 0 fully saturated rings. The van der Waals surface area contributed by atoms with E-state index in [1.54, 1.807) is 0 Å². The van der Waals surface area contributed by atoms with Crippen LogP contribution >= 0.6 is 0 Å². The van der Waals surface area contributed by atoms with E-state index in [4.69, 9.17) is 4.74 Å². The summed E-state index contributed by atoms with van der Waals surface area (Å²) in [5.41, 5.74) is 0. The van der Waals surface area contributed by atoms with Crippen molar-refractivity contribution in [3.05, 3.63) is 0 Å². The molecule has 0 spiro atoms. The Morgan fingerprint density at radius 3 is 2.33 bits per heavy atom. The molecule has 90 valence electrons. The predicted molar refractivity (Wildman–Crippen MR) is 62.7 cm³/mol. The van der Waals surface area contributed by atoms with Crippen LogP contribution in [-0.4, -0.2) is 25.7 Å². The Kier molecular flexibility index (Phi) is 7.39. The first kappa shape index (κ1) is 14.4. The largest absolute Gasteiger partial charge is 0.468 e. The molecule has 0 saturated carbocycles. The van der Waals surface area contributed by atoms with E-state index in [-0.39, 0.29) is 17.9 Å². The van der Waals surface area contributed by atoms with E-state index >= 15 is 0 Å². The zero-order valence-corrected chi connectivity index (χ0v) is 10.7. The van der Waals surface area contributed by atoms with E-state index < -0.39 is 0 Å². The summed E-state index contributed by atoms with van der Waals surface area (Å²) in [4.78, 5) is 11.4. The minimum absolute atomic E-state index is 0.159. The zero-order chi connectivity index (χ0) is 11.8. The third-order valence-electron chi connectivity index (χ3n) is 2.59. The van der Waals surface area contributed by atoms with E-state index in [0.717, 1.165) is 6.54 Å². The normalized spacial score (nSPS) is 15.1. The van der Waals surface area contributed by atoms with Gasteiger partial charge in [-0.25, -0.2) is 0 Å². The van der Waals surface area contributed by atoms with Crippen molar-refractivity contribution < 1.29 is 9.53 Å². The highest BCUT2D eigenvalue weighted by Gasteiger charge is 2.22. The minimum atomic E-state index is -0.172. The lowest BCUT2D eigenvalue weighted by Gasteiger charge is -2.21. The van der Waals surface area contributed by atoms with Crippen molar-refractivity contribution in [1.82, 2.24) is 5.32 Å². The number of esters is 1. The topological polar surface area (TPSA) is 38.3 Å². The number of nitrogens with one attached hydrogen (secondary N) is 1. The van der Waals surface area contributed by atoms with Crippen LogP contribution in [0.15, 0.2) is 0 Å². The van der Waals surface area contributed by atoms with E-state index in [1.807, 2.05) is 13.8 Å². The molecule has 0 aliphatic rings. The number of rotatable bonds is 7. The number of carbonyl (C=O) groups excluding carboxylic acids is 1. The average molecular weight is 215 g/mol. The van der Waals surface area contributed by atoms with Gasteiger partial charge in [0.05, 0.1) is 7.11 Å². The number of carbonyl (C=O) groups is 1. The third kappa shape index (κ3) is 5.78. The second-order valence-corrected chi connectivity index (χ2v) is 4.55. The molecule has 0 rings (SSSR count). The summed E-state index contributed by atoms with van der Waals surface area (Å²) in [5, 5.41) is 3.28. The monoisotopic (exact) mass is 215 g/mol. The van der Waals surface area contributed by atoms with Crippen LogP contribution in [0, 0.1) is 11.8 Å². The summed E-state index contributed by atoms with van der Waals surface area (Å²) in [6.07, 6.45) is 2.38. The van der Waals surface area contributed by atoms with Crippen LogP contribution in [0.1, 0.15) is 40.5 Å². The molecule has 0 aliphatic carbocycles. The van der Waals surface area contributed by atoms with Gasteiger partial charge in [0.15, 0.2) is 0 Å². The molecule has 0 saturated heterocycles. The number of hydrogen-bond donors (Lipinski definition) is 1. The predicted octanol–water partition coefficient (Wildman–Crippen LogP) is 2.21. The molecule has 0 amide bonds. The lowest BCUT2D eigenvalue weighted by atomic mass is 10.0. The summed E-state index contributed by atoms with van der Waals surface area (Å²) in [5.74, 6) is 0.723. The molecule has 0 radical (unpaired) electrons. The molecule has 3 nitrogen and oxygen atoms in total. The second-order valence-electron chi connectivity index (χ2n) is 4.55. The fraction of sp³-hybridized carbons (Fsp3) is 0.917. The quantitative estimate of drug-likeness (QED) is 0.662. The van der Waals surface area contributed by atoms with Crippen LogP contribution in [0.25, 0.3) is 0 Å². The van der Waals surface area contributed by atoms with Crippen molar-refractivity contribution >= 4 is 5.97 Å². The highest BCUT2D eigenvalue weighted by atomic mass is 16.5. The molecule has 0 aliphatic heterocycles. The van der Waals surface area contributed by atoms with Gasteiger partial charge < -0.3 is 10.1 Å². The number of methoxy groups -OCH3 is 1. The Morgan fingerprint density at radius 1 is 1.33 bits per heavy atom. The highest BCUT2D eigenvalue weighted by Crippen LogP contribution is 2.07. The van der Waals surface area contributed by atoms with E-state index in [0.29, 0.717) is 5.92 Å². The van der Waals surface area contributed by atoms with Gasteiger partial charge >= 0.3 is 5.97 Å². The van der Waals surface area contributed by atoms with Gasteiger partial charge in [0.1, 0.15) is 6.04 Å². The summed E-state index contributed by atoms with van der Waals surface area (Å²) in [6.45, 7) is 9.31. The van der Waals surface area contributed by atoms with Crippen molar-refractivity contribution in [2.45, 2.75) is 46.6 Å². The first-order valence-electron chi connectivity index (χ1n) is 5.84. The third-order valence-corrected chi connectivity index (χ3v) is 2.59. The van der Waals surface area contributed by atoms with Gasteiger partial charge in [-0.2, -0.15) is 0 Å². The van der Waals surface area contributed by atoms with Crippen LogP contribution in [0.2, 0.25) is 0 Å². The van der Waals surface area contributed by atoms with Crippen molar-refractivity contribution in [3.63, 3.8) is 0 Å². The summed E-state index contributed by atoms with van der Waals surface area (Å²) in [6, 6.07) is -0.172. The van der Waals surface area contributed by atoms with Crippen molar-refractivity contribution in [3.8, 4) is 0 Å². The van der Waals surface area contributed by atoms with Crippen LogP contribution in [0.3, 0.4) is 0 Å². The number of hydrogen-bond acceptors (Lipinski definition) is 3. The molecular formula is C12H25NO2. The van der Waals surface area contributed by atoms with E-state index in [9.17, 15) is 4.79 Å². The molecule has 0 heterocycles. The van der Waals surface area contributed by atoms with Gasteiger partial charge in [-0.1, -0.05) is 34.1 Å². The standard InChI is InChI=1S/C12H25NO2/c1-6-7-10(4)8-13-11(9(2)3)12(14)15-5/h9-11,13H,6-8H2,1-5H3/t10?,11-/m0/s1. The smallest absolute Gasteiger partial charge is 0.323 e. The minimum Gasteiger partial charge on any atom is -0.468 e. The second kappa shape index (κ2) is 7.69. The van der Waals surface area contributed by atoms with Gasteiger partial charge in [-0.15, -0.1) is 0 Å². The molecule has 0 aromatic heterocycles. The molecule has 0 bridgehead atoms. The van der Waals surface area contributed by atoms with Crippen LogP contribution in [0.5, 0.6) is 0 Å². The SMILES string of the molecule is CCCC(C)CN[C@H](C(=O)OC)C(C)C. The van der Waals surface area contributed by atoms with Crippen LogP contribution in [0.4, 0.5) is 0 Å². The van der Waals surface area contributed by atoms with Gasteiger partial charge in [-0.05, 0) is 24.8 Å². The molecule has 2 atom stereocenters. The lowest BCUT2D eigenvalue weighted by molar-refractivity contribution is -0.144. The maximum absolute atomic E-state index is 11.4. The van der Waals surface area contributed by atoms with Gasteiger partial charge in [0, 0.05) is 0 Å². The van der Waals surface area contributed by atoms with Gasteiger partial charge in [0.25, 0.3) is 0 Å². The maximum Gasteiger partial charge on any atom is 0.323 e. The zero-order valence-electron chi connectivity index (χ0n) is 10.7. The van der Waals surface area contributed by atoms with Crippen molar-refractivity contribution in [2.75, 3.05) is 13.7 Å². The molecule has 1 N–H and O–H groups in total. The summed E-state index contributed by atoms with van der Waals surface area (Å²) in [7, 11) is 1.44. The van der Waals surface area contributed by atoms with Gasteiger partial charge in [-0.3, -0.25) is 4.79 Å². The average Bonchev–Trinajstić information content (AvgIpc) is 2.17. The molecule has 3 heteroatoms. The Morgan fingerprint density at radius 2 is 1.93 bits per heavy atom. The summed E-state index contributed by atoms with van der Waals surface area (Å²) >= 11 is 0. The molecule has 1 unspecified atom stereocenters. The molecule has 15 heavy (non-hydrogen) atoms. The number of ether oxygens (including phenoxy) is 1. The Hall–Kier alpha value is -0.570. The first-order valence-corrected chi connectivity index (χ1v) is 5.84. The summed E-state index contributed by atoms with van der Waals surface area (Å²) < 4.78 is 4.76. The maximum atomic E-state index is 11.4. The first-order chi connectivity index (χ1) is 7.02. The molecule has 0 aromatic carbocycles. The van der Waals surface area contributed by atoms with Crippen molar-refractivity contribution in [2.24, 2.45) is 11.8 Å². The van der Waals surface area contributed by atoms with Gasteiger partial charge in [0.2, 0.25) is 0 Å². The van der Waals surface area contributed by atoms with E-state index in [1.165, 1.54) is 20.0 Å². The molecular weight excluding hydrogens is 190 g/mol. The van der Waals surface area contributed by atoms with Crippen molar-refractivity contribution in [1.29, 1.82) is 0 Å². The van der Waals surface area contributed by atoms with E-state index in [2.05, 4.69) is 19.2 Å². The Bertz CT molecular complexity index is 180. The van der Waals surface area contributed by atoms with Crippen LogP contribution in [-0.2, 0) is 9.53 Å². The lowest BCUT2D eigenvalue weighted by Crippen LogP contribution is -2.43. The van der Waals surface area contributed by atoms with Crippen LogP contribution < -0.4 is 5.32 Å². The highest BCUT2D eigenvalue weighted by molar-refractivity contribution is 5.75. The fourth-order valence-electron chi connectivity index (χ4n) is 1.64. The Balaban J connectivity index is 4.02. The molecule has 0 aromatic rings.